The summed E-state index contributed by atoms with van der Waals surface area (Å²) in [5.41, 5.74) is -0.0860. The van der Waals surface area contributed by atoms with E-state index in [2.05, 4.69) is 15.3 Å². The molecule has 0 saturated heterocycles. The number of benzene rings is 1. The summed E-state index contributed by atoms with van der Waals surface area (Å²) in [5.74, 6) is 0.305. The van der Waals surface area contributed by atoms with Crippen LogP contribution >= 0.6 is 23.4 Å². The first-order chi connectivity index (χ1) is 13.8. The third kappa shape index (κ3) is 4.51. The summed E-state index contributed by atoms with van der Waals surface area (Å²) in [7, 11) is 2.97. The third-order valence-electron chi connectivity index (χ3n) is 4.24. The first-order valence-electron chi connectivity index (χ1n) is 8.96. The minimum absolute atomic E-state index is 0.0379. The molecule has 0 fully saturated rings. The summed E-state index contributed by atoms with van der Waals surface area (Å²) < 4.78 is 2.34. The normalized spacial score (nSPS) is 11.0. The fourth-order valence-corrected chi connectivity index (χ4v) is 3.83. The van der Waals surface area contributed by atoms with E-state index in [0.29, 0.717) is 28.0 Å². The largest absolute Gasteiger partial charge is 0.332 e. The van der Waals surface area contributed by atoms with Gasteiger partial charge in [-0.2, -0.15) is 0 Å². The maximum atomic E-state index is 12.7. The number of anilines is 1. The molecule has 3 aromatic rings. The van der Waals surface area contributed by atoms with Crippen LogP contribution in [0.15, 0.2) is 38.9 Å². The number of nitrogens with one attached hydrogen (secondary N) is 1. The molecule has 0 aliphatic carbocycles. The monoisotopic (exact) mass is 433 g/mol. The van der Waals surface area contributed by atoms with Crippen LogP contribution < -0.4 is 16.6 Å². The SMILES string of the molecule is CCCc1nc(SCC(=O)Nc2cccc(Cl)c2)c2c(=O)n(C)c(=O)n(C)c2n1. The number of aryl methyl sites for hydroxylation is 2. The van der Waals surface area contributed by atoms with E-state index in [-0.39, 0.29) is 22.7 Å². The van der Waals surface area contributed by atoms with Crippen LogP contribution in [0.3, 0.4) is 0 Å². The van der Waals surface area contributed by atoms with Crippen molar-refractivity contribution in [3.8, 4) is 0 Å². The molecule has 29 heavy (non-hydrogen) atoms. The maximum Gasteiger partial charge on any atom is 0.332 e. The van der Waals surface area contributed by atoms with Crippen molar-refractivity contribution in [2.45, 2.75) is 24.8 Å². The van der Waals surface area contributed by atoms with Crippen molar-refractivity contribution in [2.24, 2.45) is 14.1 Å². The van der Waals surface area contributed by atoms with Gasteiger partial charge in [0.05, 0.1) is 5.75 Å². The van der Waals surface area contributed by atoms with Crippen LogP contribution in [0.5, 0.6) is 0 Å². The Hall–Kier alpha value is -2.65. The van der Waals surface area contributed by atoms with Crippen molar-refractivity contribution in [2.75, 3.05) is 11.1 Å². The number of carbonyl (C=O) groups excluding carboxylic acids is 1. The zero-order chi connectivity index (χ0) is 21.1. The highest BCUT2D eigenvalue weighted by Crippen LogP contribution is 2.23. The quantitative estimate of drug-likeness (QED) is 0.473. The molecule has 1 aromatic carbocycles. The number of fused-ring (bicyclic) bond motifs is 1. The van der Waals surface area contributed by atoms with E-state index in [1.54, 1.807) is 31.3 Å². The minimum Gasteiger partial charge on any atom is -0.325 e. The van der Waals surface area contributed by atoms with E-state index in [1.807, 2.05) is 6.92 Å². The highest BCUT2D eigenvalue weighted by Gasteiger charge is 2.18. The van der Waals surface area contributed by atoms with Gasteiger partial charge in [0.15, 0.2) is 5.65 Å². The second-order valence-electron chi connectivity index (χ2n) is 6.45. The number of amides is 1. The molecule has 10 heteroatoms. The van der Waals surface area contributed by atoms with E-state index in [4.69, 9.17) is 11.6 Å². The van der Waals surface area contributed by atoms with Crippen molar-refractivity contribution in [1.29, 1.82) is 0 Å². The maximum absolute atomic E-state index is 12.7. The van der Waals surface area contributed by atoms with Crippen LogP contribution in [0.2, 0.25) is 5.02 Å². The summed E-state index contributed by atoms with van der Waals surface area (Å²) in [4.78, 5) is 46.2. The molecule has 8 nitrogen and oxygen atoms in total. The summed E-state index contributed by atoms with van der Waals surface area (Å²) >= 11 is 7.07. The van der Waals surface area contributed by atoms with Crippen LogP contribution in [-0.4, -0.2) is 30.8 Å². The fourth-order valence-electron chi connectivity index (χ4n) is 2.81. The zero-order valence-electron chi connectivity index (χ0n) is 16.2. The van der Waals surface area contributed by atoms with Crippen LogP contribution in [0.4, 0.5) is 5.69 Å². The summed E-state index contributed by atoms with van der Waals surface area (Å²) in [6.45, 7) is 1.99. The molecule has 0 saturated carbocycles. The van der Waals surface area contributed by atoms with Gasteiger partial charge in [0, 0.05) is 31.2 Å². The van der Waals surface area contributed by atoms with Gasteiger partial charge in [-0.05, 0) is 24.6 Å². The second-order valence-corrected chi connectivity index (χ2v) is 7.85. The molecule has 0 unspecified atom stereocenters. The molecule has 0 atom stereocenters. The van der Waals surface area contributed by atoms with Gasteiger partial charge >= 0.3 is 5.69 Å². The molecule has 0 bridgehead atoms. The fraction of sp³-hybridized carbons (Fsp3) is 0.316. The highest BCUT2D eigenvalue weighted by molar-refractivity contribution is 8.00. The van der Waals surface area contributed by atoms with Crippen LogP contribution in [0.1, 0.15) is 19.2 Å². The Bertz CT molecular complexity index is 1200. The lowest BCUT2D eigenvalue weighted by molar-refractivity contribution is -0.113. The van der Waals surface area contributed by atoms with Gasteiger partial charge in [-0.3, -0.25) is 18.7 Å². The molecule has 2 aromatic heterocycles. The predicted molar refractivity (Wildman–Crippen MR) is 115 cm³/mol. The Morgan fingerprint density at radius 2 is 1.97 bits per heavy atom. The number of halogens is 1. The number of nitrogens with zero attached hydrogens (tertiary/aromatic N) is 4. The Morgan fingerprint density at radius 3 is 2.66 bits per heavy atom. The van der Waals surface area contributed by atoms with Crippen molar-refractivity contribution < 1.29 is 4.79 Å². The van der Waals surface area contributed by atoms with Gasteiger partial charge in [-0.25, -0.2) is 14.8 Å². The van der Waals surface area contributed by atoms with Gasteiger partial charge < -0.3 is 5.32 Å². The van der Waals surface area contributed by atoms with Gasteiger partial charge in [0.2, 0.25) is 5.91 Å². The molecule has 0 radical (unpaired) electrons. The summed E-state index contributed by atoms with van der Waals surface area (Å²) in [5, 5.41) is 3.90. The van der Waals surface area contributed by atoms with Crippen LogP contribution in [0.25, 0.3) is 11.0 Å². The number of aromatic nitrogens is 4. The minimum atomic E-state index is -0.483. The standard InChI is InChI=1S/C19H20ClN5O3S/c1-4-6-13-22-16-15(18(27)25(3)19(28)24(16)2)17(23-13)29-10-14(26)21-12-8-5-7-11(20)9-12/h5,7-9H,4,6,10H2,1-3H3,(H,21,26). The van der Waals surface area contributed by atoms with Gasteiger partial charge in [0.25, 0.3) is 5.56 Å². The molecule has 1 amide bonds. The van der Waals surface area contributed by atoms with Crippen LogP contribution in [-0.2, 0) is 25.3 Å². The molecule has 152 valence electrons. The number of carbonyl (C=O) groups is 1. The van der Waals surface area contributed by atoms with Crippen LogP contribution in [0, 0.1) is 0 Å². The van der Waals surface area contributed by atoms with Crippen molar-refractivity contribution in [1.82, 2.24) is 19.1 Å². The molecular weight excluding hydrogens is 414 g/mol. The van der Waals surface area contributed by atoms with E-state index in [0.717, 1.165) is 22.7 Å². The smallest absolute Gasteiger partial charge is 0.325 e. The third-order valence-corrected chi connectivity index (χ3v) is 5.45. The van der Waals surface area contributed by atoms with Crippen molar-refractivity contribution >= 4 is 46.0 Å². The van der Waals surface area contributed by atoms with E-state index < -0.39 is 11.2 Å². The average molecular weight is 434 g/mol. The Balaban J connectivity index is 1.96. The first-order valence-corrected chi connectivity index (χ1v) is 10.3. The lowest BCUT2D eigenvalue weighted by Gasteiger charge is -2.11. The van der Waals surface area contributed by atoms with E-state index in [1.165, 1.54) is 11.6 Å². The van der Waals surface area contributed by atoms with E-state index >= 15 is 0 Å². The second kappa shape index (κ2) is 8.79. The predicted octanol–water partition coefficient (Wildman–Crippen LogP) is 2.36. The summed E-state index contributed by atoms with van der Waals surface area (Å²) in [6, 6.07) is 6.84. The number of hydrogen-bond acceptors (Lipinski definition) is 6. The highest BCUT2D eigenvalue weighted by atomic mass is 35.5. The first kappa shape index (κ1) is 21.1. The molecule has 0 spiro atoms. The average Bonchev–Trinajstić information content (AvgIpc) is 2.69. The number of thioether (sulfide) groups is 1. The van der Waals surface area contributed by atoms with Crippen molar-refractivity contribution in [3.05, 3.63) is 56.0 Å². The summed E-state index contributed by atoms with van der Waals surface area (Å²) in [6.07, 6.45) is 1.41. The number of hydrogen-bond donors (Lipinski definition) is 1. The zero-order valence-corrected chi connectivity index (χ0v) is 17.8. The topological polar surface area (TPSA) is 98.9 Å². The van der Waals surface area contributed by atoms with Gasteiger partial charge in [-0.15, -0.1) is 0 Å². The Labute approximate surface area is 175 Å². The molecular formula is C19H20ClN5O3S. The molecule has 0 aliphatic heterocycles. The molecule has 2 heterocycles. The molecule has 0 aliphatic rings. The lowest BCUT2D eigenvalue weighted by Crippen LogP contribution is -2.38. The van der Waals surface area contributed by atoms with Gasteiger partial charge in [-0.1, -0.05) is 36.4 Å². The van der Waals surface area contributed by atoms with Gasteiger partial charge in [0.1, 0.15) is 16.2 Å². The van der Waals surface area contributed by atoms with E-state index in [9.17, 15) is 14.4 Å². The molecule has 1 N–H and O–H groups in total. The Morgan fingerprint density at radius 1 is 1.21 bits per heavy atom. The lowest BCUT2D eigenvalue weighted by atomic mass is 10.3. The van der Waals surface area contributed by atoms with Crippen molar-refractivity contribution in [3.63, 3.8) is 0 Å². The molecule has 3 rings (SSSR count). The Kier molecular flexibility index (Phi) is 6.39. The number of rotatable bonds is 6.